The van der Waals surface area contributed by atoms with Crippen molar-refractivity contribution < 1.29 is 4.79 Å². The highest BCUT2D eigenvalue weighted by Gasteiger charge is 2.38. The summed E-state index contributed by atoms with van der Waals surface area (Å²) < 4.78 is 0. The van der Waals surface area contributed by atoms with E-state index in [9.17, 15) is 4.79 Å². The molecule has 2 rings (SSSR count). The molecular formula is C13H24N2O. The van der Waals surface area contributed by atoms with E-state index in [4.69, 9.17) is 5.73 Å². The molecule has 1 amide bonds. The van der Waals surface area contributed by atoms with Crippen molar-refractivity contribution in [2.75, 3.05) is 13.1 Å². The van der Waals surface area contributed by atoms with Crippen LogP contribution in [0.15, 0.2) is 0 Å². The average Bonchev–Trinajstić information content (AvgIpc) is 3.15. The predicted octanol–water partition coefficient (Wildman–Crippen LogP) is 1.76. The minimum Gasteiger partial charge on any atom is -0.339 e. The van der Waals surface area contributed by atoms with E-state index >= 15 is 0 Å². The first kappa shape index (κ1) is 11.9. The number of nitrogens with two attached hydrogens (primary N) is 1. The van der Waals surface area contributed by atoms with Crippen molar-refractivity contribution in [2.45, 2.75) is 51.5 Å². The summed E-state index contributed by atoms with van der Waals surface area (Å²) in [6.45, 7) is 3.64. The van der Waals surface area contributed by atoms with Crippen LogP contribution >= 0.6 is 0 Å². The summed E-state index contributed by atoms with van der Waals surface area (Å²) in [6, 6.07) is 0.555. The van der Waals surface area contributed by atoms with Crippen LogP contribution in [-0.4, -0.2) is 29.9 Å². The molecule has 0 bridgehead atoms. The quantitative estimate of drug-likeness (QED) is 0.716. The van der Waals surface area contributed by atoms with Crippen molar-refractivity contribution >= 4 is 5.91 Å². The average molecular weight is 224 g/mol. The predicted molar refractivity (Wildman–Crippen MR) is 64.9 cm³/mol. The number of carbonyl (C=O) groups is 1. The zero-order valence-corrected chi connectivity index (χ0v) is 10.3. The fourth-order valence-corrected chi connectivity index (χ4v) is 2.31. The molecule has 0 aliphatic heterocycles. The Bertz CT molecular complexity index is 246. The highest BCUT2D eigenvalue weighted by atomic mass is 16.2. The number of nitrogens with zero attached hydrogens (tertiary/aromatic N) is 1. The number of hydrogen-bond donors (Lipinski definition) is 1. The van der Waals surface area contributed by atoms with Crippen molar-refractivity contribution in [2.24, 2.45) is 17.6 Å². The van der Waals surface area contributed by atoms with Gasteiger partial charge in [-0.25, -0.2) is 0 Å². The van der Waals surface area contributed by atoms with Gasteiger partial charge in [0.05, 0.1) is 5.92 Å². The summed E-state index contributed by atoms with van der Waals surface area (Å²) in [6.07, 6.45) is 7.05. The third-order valence-corrected chi connectivity index (χ3v) is 3.69. The molecule has 0 saturated heterocycles. The van der Waals surface area contributed by atoms with E-state index in [1.807, 2.05) is 0 Å². The van der Waals surface area contributed by atoms with Crippen LogP contribution in [0.3, 0.4) is 0 Å². The third-order valence-electron chi connectivity index (χ3n) is 3.69. The summed E-state index contributed by atoms with van der Waals surface area (Å²) >= 11 is 0. The first-order valence-electron chi connectivity index (χ1n) is 6.76. The van der Waals surface area contributed by atoms with Crippen LogP contribution < -0.4 is 5.73 Å². The molecule has 0 heterocycles. The van der Waals surface area contributed by atoms with E-state index in [1.54, 1.807) is 0 Å². The second kappa shape index (κ2) is 5.17. The van der Waals surface area contributed by atoms with Gasteiger partial charge in [-0.2, -0.15) is 0 Å². The summed E-state index contributed by atoms with van der Waals surface area (Å²) in [5.41, 5.74) is 5.72. The van der Waals surface area contributed by atoms with Gasteiger partial charge in [0.25, 0.3) is 0 Å². The lowest BCUT2D eigenvalue weighted by Crippen LogP contribution is -2.41. The zero-order chi connectivity index (χ0) is 11.5. The summed E-state index contributed by atoms with van der Waals surface area (Å²) in [5.74, 6) is 1.20. The molecule has 2 saturated carbocycles. The summed E-state index contributed by atoms with van der Waals surface area (Å²) in [7, 11) is 0. The molecule has 2 aliphatic rings. The Morgan fingerprint density at radius 2 is 2.06 bits per heavy atom. The molecule has 0 radical (unpaired) electrons. The van der Waals surface area contributed by atoms with Gasteiger partial charge in [-0.15, -0.1) is 0 Å². The lowest BCUT2D eigenvalue weighted by atomic mass is 10.0. The topological polar surface area (TPSA) is 46.3 Å². The van der Waals surface area contributed by atoms with Crippen LogP contribution in [0.4, 0.5) is 0 Å². The van der Waals surface area contributed by atoms with Crippen molar-refractivity contribution in [1.82, 2.24) is 4.90 Å². The van der Waals surface area contributed by atoms with Crippen molar-refractivity contribution in [3.8, 4) is 0 Å². The number of carbonyl (C=O) groups excluding carboxylic acids is 1. The van der Waals surface area contributed by atoms with E-state index in [-0.39, 0.29) is 5.92 Å². The maximum atomic E-state index is 12.4. The Morgan fingerprint density at radius 1 is 1.38 bits per heavy atom. The minimum atomic E-state index is 0.0735. The van der Waals surface area contributed by atoms with Crippen molar-refractivity contribution in [3.05, 3.63) is 0 Å². The Morgan fingerprint density at radius 3 is 2.50 bits per heavy atom. The molecule has 0 aromatic heterocycles. The van der Waals surface area contributed by atoms with E-state index < -0.39 is 0 Å². The highest BCUT2D eigenvalue weighted by molar-refractivity contribution is 5.79. The van der Waals surface area contributed by atoms with Crippen LogP contribution in [0.1, 0.15) is 45.4 Å². The molecule has 3 nitrogen and oxygen atoms in total. The largest absolute Gasteiger partial charge is 0.339 e. The molecule has 0 aromatic rings. The van der Waals surface area contributed by atoms with E-state index in [1.165, 1.54) is 25.7 Å². The summed E-state index contributed by atoms with van der Waals surface area (Å²) in [4.78, 5) is 14.5. The number of hydrogen-bond acceptors (Lipinski definition) is 2. The van der Waals surface area contributed by atoms with Gasteiger partial charge >= 0.3 is 0 Å². The van der Waals surface area contributed by atoms with Gasteiger partial charge in [-0.1, -0.05) is 13.3 Å². The molecule has 1 atom stereocenters. The second-order valence-corrected chi connectivity index (χ2v) is 5.39. The van der Waals surface area contributed by atoms with Crippen LogP contribution in [0.2, 0.25) is 0 Å². The molecule has 3 heteroatoms. The van der Waals surface area contributed by atoms with E-state index in [0.29, 0.717) is 18.5 Å². The van der Waals surface area contributed by atoms with Crippen molar-refractivity contribution in [3.63, 3.8) is 0 Å². The molecule has 2 N–H and O–H groups in total. The van der Waals surface area contributed by atoms with Crippen LogP contribution in [0, 0.1) is 11.8 Å². The zero-order valence-electron chi connectivity index (χ0n) is 10.3. The monoisotopic (exact) mass is 224 g/mol. The molecule has 0 spiro atoms. The molecular weight excluding hydrogens is 200 g/mol. The lowest BCUT2D eigenvalue weighted by molar-refractivity contribution is -0.136. The summed E-state index contributed by atoms with van der Waals surface area (Å²) in [5, 5.41) is 0. The Hall–Kier alpha value is -0.570. The van der Waals surface area contributed by atoms with Gasteiger partial charge in [0, 0.05) is 19.1 Å². The molecule has 2 fully saturated rings. The van der Waals surface area contributed by atoms with Gasteiger partial charge in [-0.05, 0) is 38.0 Å². The molecule has 2 aliphatic carbocycles. The first-order chi connectivity index (χ1) is 7.76. The number of rotatable bonds is 7. The smallest absolute Gasteiger partial charge is 0.227 e. The Kier molecular flexibility index (Phi) is 3.85. The standard InChI is InChI=1S/C13H24N2O/c1-2-3-11(8-14)13(16)15(12-6-7-12)9-10-4-5-10/h10-12H,2-9,14H2,1H3. The van der Waals surface area contributed by atoms with Crippen LogP contribution in [-0.2, 0) is 4.79 Å². The van der Waals surface area contributed by atoms with Gasteiger partial charge in [0.15, 0.2) is 0 Å². The van der Waals surface area contributed by atoms with Crippen LogP contribution in [0.25, 0.3) is 0 Å². The van der Waals surface area contributed by atoms with Gasteiger partial charge in [0.1, 0.15) is 0 Å². The molecule has 1 unspecified atom stereocenters. The highest BCUT2D eigenvalue weighted by Crippen LogP contribution is 2.35. The molecule has 16 heavy (non-hydrogen) atoms. The third kappa shape index (κ3) is 2.97. The molecule has 0 aromatic carbocycles. The first-order valence-corrected chi connectivity index (χ1v) is 6.76. The van der Waals surface area contributed by atoms with E-state index in [0.717, 1.165) is 25.3 Å². The van der Waals surface area contributed by atoms with E-state index in [2.05, 4.69) is 11.8 Å². The normalized spacial score (nSPS) is 21.9. The second-order valence-electron chi connectivity index (χ2n) is 5.39. The van der Waals surface area contributed by atoms with Gasteiger partial charge < -0.3 is 10.6 Å². The lowest BCUT2D eigenvalue weighted by Gasteiger charge is -2.26. The van der Waals surface area contributed by atoms with Crippen LogP contribution in [0.5, 0.6) is 0 Å². The maximum Gasteiger partial charge on any atom is 0.227 e. The minimum absolute atomic E-state index is 0.0735. The number of amides is 1. The Balaban J connectivity index is 1.91. The van der Waals surface area contributed by atoms with Gasteiger partial charge in [0.2, 0.25) is 5.91 Å². The van der Waals surface area contributed by atoms with Gasteiger partial charge in [-0.3, -0.25) is 4.79 Å². The SMILES string of the molecule is CCCC(CN)C(=O)N(CC1CC1)C1CC1. The fraction of sp³-hybridized carbons (Fsp3) is 0.923. The van der Waals surface area contributed by atoms with Crippen molar-refractivity contribution in [1.29, 1.82) is 0 Å². The maximum absolute atomic E-state index is 12.4. The Labute approximate surface area is 98.4 Å². The molecule has 92 valence electrons. The fourth-order valence-electron chi connectivity index (χ4n) is 2.31.